The highest BCUT2D eigenvalue weighted by molar-refractivity contribution is 7.47. The molecular weight excluding hydrogens is 365 g/mol. The first-order valence-corrected chi connectivity index (χ1v) is 9.98. The summed E-state index contributed by atoms with van der Waals surface area (Å²) < 4.78 is 27.5. The summed E-state index contributed by atoms with van der Waals surface area (Å²) in [5.41, 5.74) is 5.59. The summed E-state index contributed by atoms with van der Waals surface area (Å²) in [7, 11) is -4.22. The van der Waals surface area contributed by atoms with Gasteiger partial charge in [0.2, 0.25) is 0 Å². The monoisotopic (exact) mass is 395 g/mol. The molecule has 1 aliphatic rings. The van der Waals surface area contributed by atoms with Gasteiger partial charge in [0, 0.05) is 6.20 Å². The summed E-state index contributed by atoms with van der Waals surface area (Å²) in [6.07, 6.45) is 0.733. The molecule has 2 unspecified atom stereocenters. The Kier molecular flexibility index (Phi) is 9.18. The molecular formula is C15H30N3O7P. The number of ether oxygens (including phenoxy) is 1. The van der Waals surface area contributed by atoms with E-state index in [1.165, 1.54) is 11.1 Å². The summed E-state index contributed by atoms with van der Waals surface area (Å²) in [6, 6.07) is -0.515. The topological polar surface area (TPSA) is 144 Å². The number of aliphatic hydroxyl groups is 1. The van der Waals surface area contributed by atoms with E-state index >= 15 is 0 Å². The number of amides is 2. The van der Waals surface area contributed by atoms with E-state index in [9.17, 15) is 19.4 Å². The molecule has 0 fully saturated rings. The highest BCUT2D eigenvalue weighted by Crippen LogP contribution is 2.44. The Bertz CT molecular complexity index is 529. The molecule has 4 atom stereocenters. The number of phosphoric acid groups is 1. The predicted molar refractivity (Wildman–Crippen MR) is 94.7 cm³/mol. The highest BCUT2D eigenvalue weighted by atomic mass is 31.2. The predicted octanol–water partition coefficient (Wildman–Crippen LogP) is 1.10. The van der Waals surface area contributed by atoms with Crippen molar-refractivity contribution in [2.75, 3.05) is 13.2 Å². The minimum absolute atomic E-state index is 0.186. The molecule has 0 bridgehead atoms. The second-order valence-electron chi connectivity index (χ2n) is 6.67. The SMILES string of the molecule is CC(C)C[C@H](COP(=O)(O)OC(C)C)O[C@H](CO)N1C=CC(N)NC1=O. The standard InChI is InChI=1S/C15H30N3O7P/c1-10(2)7-12(9-23-26(21,22)25-11(3)4)24-14(8-19)18-6-5-13(16)17-15(18)20/h5-6,10-14,19H,7-9,16H2,1-4H3,(H,17,20)(H,21,22)/t12-,13?,14-/m1/s1. The Balaban J connectivity index is 2.76. The van der Waals surface area contributed by atoms with Crippen LogP contribution in [0.1, 0.15) is 34.1 Å². The van der Waals surface area contributed by atoms with Gasteiger partial charge in [0.05, 0.1) is 31.6 Å². The first kappa shape index (κ1) is 23.0. The third kappa shape index (κ3) is 8.13. The van der Waals surface area contributed by atoms with Crippen molar-refractivity contribution in [1.29, 1.82) is 0 Å². The van der Waals surface area contributed by atoms with Crippen molar-refractivity contribution in [3.8, 4) is 0 Å². The Labute approximate surface area is 153 Å². The van der Waals surface area contributed by atoms with Crippen molar-refractivity contribution in [1.82, 2.24) is 10.2 Å². The number of carbonyl (C=O) groups excluding carboxylic acids is 1. The molecule has 1 heterocycles. The van der Waals surface area contributed by atoms with Crippen LogP contribution in [-0.2, 0) is 18.3 Å². The van der Waals surface area contributed by atoms with Crippen molar-refractivity contribution < 1.29 is 33.1 Å². The zero-order valence-corrected chi connectivity index (χ0v) is 16.5. The maximum atomic E-state index is 12.0. The lowest BCUT2D eigenvalue weighted by Gasteiger charge is -2.34. The number of carbonyl (C=O) groups is 1. The molecule has 0 saturated carbocycles. The molecule has 1 aliphatic heterocycles. The van der Waals surface area contributed by atoms with E-state index in [0.717, 1.165) is 0 Å². The zero-order valence-electron chi connectivity index (χ0n) is 15.6. The van der Waals surface area contributed by atoms with E-state index in [0.29, 0.717) is 6.42 Å². The lowest BCUT2D eigenvalue weighted by atomic mass is 10.1. The van der Waals surface area contributed by atoms with E-state index < -0.39 is 45.1 Å². The van der Waals surface area contributed by atoms with E-state index in [4.69, 9.17) is 19.5 Å². The normalized spacial score (nSPS) is 22.4. The lowest BCUT2D eigenvalue weighted by molar-refractivity contribution is -0.111. The van der Waals surface area contributed by atoms with E-state index in [1.807, 2.05) is 13.8 Å². The van der Waals surface area contributed by atoms with Crippen molar-refractivity contribution in [2.45, 2.75) is 58.7 Å². The van der Waals surface area contributed by atoms with Gasteiger partial charge >= 0.3 is 13.9 Å². The molecule has 5 N–H and O–H groups in total. The van der Waals surface area contributed by atoms with Crippen molar-refractivity contribution in [3.05, 3.63) is 12.3 Å². The molecule has 152 valence electrons. The van der Waals surface area contributed by atoms with E-state index in [2.05, 4.69) is 5.32 Å². The number of nitrogens with zero attached hydrogens (tertiary/aromatic N) is 1. The van der Waals surface area contributed by atoms with Crippen LogP contribution in [0.3, 0.4) is 0 Å². The van der Waals surface area contributed by atoms with Gasteiger partial charge in [-0.15, -0.1) is 0 Å². The Morgan fingerprint density at radius 3 is 2.54 bits per heavy atom. The van der Waals surface area contributed by atoms with Crippen LogP contribution in [0.5, 0.6) is 0 Å². The van der Waals surface area contributed by atoms with Gasteiger partial charge < -0.3 is 25.8 Å². The smallest absolute Gasteiger partial charge is 0.392 e. The molecule has 0 aromatic rings. The molecule has 26 heavy (non-hydrogen) atoms. The van der Waals surface area contributed by atoms with Crippen LogP contribution in [0.25, 0.3) is 0 Å². The molecule has 1 rings (SSSR count). The van der Waals surface area contributed by atoms with Crippen LogP contribution in [-0.4, -0.2) is 58.7 Å². The average Bonchev–Trinajstić information content (AvgIpc) is 2.49. The number of hydrogen-bond acceptors (Lipinski definition) is 7. The van der Waals surface area contributed by atoms with Gasteiger partial charge in [-0.1, -0.05) is 13.8 Å². The third-order valence-corrected chi connectivity index (χ3v) is 4.46. The fraction of sp³-hybridized carbons (Fsp3) is 0.800. The van der Waals surface area contributed by atoms with Crippen molar-refractivity contribution in [3.63, 3.8) is 0 Å². The molecule has 0 aliphatic carbocycles. The quantitative estimate of drug-likeness (QED) is 0.381. The van der Waals surface area contributed by atoms with Crippen LogP contribution >= 0.6 is 7.82 Å². The maximum absolute atomic E-state index is 12.0. The minimum atomic E-state index is -4.22. The Morgan fingerprint density at radius 1 is 1.38 bits per heavy atom. The first-order valence-electron chi connectivity index (χ1n) is 8.48. The van der Waals surface area contributed by atoms with Crippen LogP contribution in [0.15, 0.2) is 12.3 Å². The number of urea groups is 1. The molecule has 0 aromatic carbocycles. The fourth-order valence-electron chi connectivity index (χ4n) is 2.33. The molecule has 0 radical (unpaired) electrons. The van der Waals surface area contributed by atoms with Gasteiger partial charge in [-0.05, 0) is 32.3 Å². The van der Waals surface area contributed by atoms with Crippen LogP contribution in [0.4, 0.5) is 4.79 Å². The van der Waals surface area contributed by atoms with E-state index in [-0.39, 0.29) is 12.5 Å². The van der Waals surface area contributed by atoms with Crippen LogP contribution in [0.2, 0.25) is 0 Å². The summed E-state index contributed by atoms with van der Waals surface area (Å²) >= 11 is 0. The van der Waals surface area contributed by atoms with Gasteiger partial charge in [-0.3, -0.25) is 13.9 Å². The summed E-state index contributed by atoms with van der Waals surface area (Å²) in [5, 5.41) is 12.1. The maximum Gasteiger partial charge on any atom is 0.472 e. The number of phosphoric ester groups is 1. The third-order valence-electron chi connectivity index (χ3n) is 3.30. The van der Waals surface area contributed by atoms with Crippen molar-refractivity contribution in [2.24, 2.45) is 11.7 Å². The number of rotatable bonds is 11. The largest absolute Gasteiger partial charge is 0.472 e. The summed E-state index contributed by atoms with van der Waals surface area (Å²) in [4.78, 5) is 22.9. The summed E-state index contributed by atoms with van der Waals surface area (Å²) in [5.74, 6) is 0.186. The van der Waals surface area contributed by atoms with Gasteiger partial charge in [-0.25, -0.2) is 9.36 Å². The number of aliphatic hydroxyl groups excluding tert-OH is 1. The average molecular weight is 395 g/mol. The number of nitrogens with two attached hydrogens (primary N) is 1. The molecule has 2 amide bonds. The van der Waals surface area contributed by atoms with Gasteiger partial charge in [-0.2, -0.15) is 0 Å². The Hall–Kier alpha value is -1.00. The van der Waals surface area contributed by atoms with Gasteiger partial charge in [0.1, 0.15) is 0 Å². The zero-order chi connectivity index (χ0) is 19.9. The highest BCUT2D eigenvalue weighted by Gasteiger charge is 2.30. The van der Waals surface area contributed by atoms with Crippen LogP contribution < -0.4 is 11.1 Å². The fourth-order valence-corrected chi connectivity index (χ4v) is 3.28. The summed E-state index contributed by atoms with van der Waals surface area (Å²) in [6.45, 7) is 6.42. The first-order chi connectivity index (χ1) is 12.0. The van der Waals surface area contributed by atoms with Crippen molar-refractivity contribution >= 4 is 13.9 Å². The number of hydrogen-bond donors (Lipinski definition) is 4. The molecule has 10 nitrogen and oxygen atoms in total. The lowest BCUT2D eigenvalue weighted by Crippen LogP contribution is -2.54. The molecule has 11 heteroatoms. The van der Waals surface area contributed by atoms with Crippen LogP contribution in [0, 0.1) is 5.92 Å². The molecule has 0 aromatic heterocycles. The van der Waals surface area contributed by atoms with E-state index in [1.54, 1.807) is 19.9 Å². The second kappa shape index (κ2) is 10.4. The van der Waals surface area contributed by atoms with Gasteiger partial charge in [0.25, 0.3) is 0 Å². The number of nitrogens with one attached hydrogen (secondary N) is 1. The molecule has 0 spiro atoms. The second-order valence-corrected chi connectivity index (χ2v) is 8.07. The Morgan fingerprint density at radius 2 is 2.04 bits per heavy atom. The van der Waals surface area contributed by atoms with Gasteiger partial charge in [0.15, 0.2) is 6.23 Å². The molecule has 0 saturated heterocycles. The minimum Gasteiger partial charge on any atom is -0.392 e.